The zero-order chi connectivity index (χ0) is 22.9. The van der Waals surface area contributed by atoms with Crippen molar-refractivity contribution in [2.45, 2.75) is 5.92 Å². The van der Waals surface area contributed by atoms with Crippen molar-refractivity contribution in [1.29, 1.82) is 0 Å². The average Bonchev–Trinajstić information content (AvgIpc) is 2.87. The summed E-state index contributed by atoms with van der Waals surface area (Å²) in [5.41, 5.74) is 8.60. The van der Waals surface area contributed by atoms with Crippen molar-refractivity contribution in [1.82, 2.24) is 4.31 Å². The molecule has 1 N–H and O–H groups in total. The van der Waals surface area contributed by atoms with Crippen LogP contribution in [0, 0.1) is 0 Å². The number of nitrogens with one attached hydrogen (secondary N) is 1. The summed E-state index contributed by atoms with van der Waals surface area (Å²) in [4.78, 5) is 0. The molecule has 1 fully saturated rings. The fourth-order valence-electron chi connectivity index (χ4n) is 4.80. The number of anilines is 2. The molecule has 34 heavy (non-hydrogen) atoms. The SMILES string of the molecule is SN1CC(c2cc(-c3ccc(Nc4ccccc4)cc3)cc3cc(-c4ccccc4)ccc23)C1. The number of fused-ring (bicyclic) bond motifs is 1. The molecule has 0 spiro atoms. The van der Waals surface area contributed by atoms with Crippen molar-refractivity contribution in [2.24, 2.45) is 0 Å². The van der Waals surface area contributed by atoms with E-state index in [1.54, 1.807) is 0 Å². The van der Waals surface area contributed by atoms with E-state index in [1.807, 2.05) is 18.2 Å². The first-order chi connectivity index (χ1) is 16.7. The van der Waals surface area contributed by atoms with Crippen molar-refractivity contribution in [3.05, 3.63) is 121 Å². The van der Waals surface area contributed by atoms with Crippen LogP contribution in [0.25, 0.3) is 33.0 Å². The number of hydrogen-bond acceptors (Lipinski definition) is 3. The molecular formula is C31H26N2S. The molecule has 6 rings (SSSR count). The Hall–Kier alpha value is -3.53. The van der Waals surface area contributed by atoms with Crippen LogP contribution >= 0.6 is 12.8 Å². The molecule has 0 saturated carbocycles. The predicted octanol–water partition coefficient (Wildman–Crippen LogP) is 8.16. The summed E-state index contributed by atoms with van der Waals surface area (Å²) < 4.78 is 2.09. The van der Waals surface area contributed by atoms with Crippen LogP contribution in [0.3, 0.4) is 0 Å². The van der Waals surface area contributed by atoms with E-state index in [4.69, 9.17) is 0 Å². The van der Waals surface area contributed by atoms with E-state index in [0.29, 0.717) is 5.92 Å². The Morgan fingerprint density at radius 3 is 1.88 bits per heavy atom. The van der Waals surface area contributed by atoms with Gasteiger partial charge in [0.2, 0.25) is 0 Å². The Bertz CT molecular complexity index is 1420. The maximum absolute atomic E-state index is 4.53. The van der Waals surface area contributed by atoms with Gasteiger partial charge < -0.3 is 5.32 Å². The van der Waals surface area contributed by atoms with Gasteiger partial charge in [0, 0.05) is 30.4 Å². The van der Waals surface area contributed by atoms with E-state index >= 15 is 0 Å². The predicted molar refractivity (Wildman–Crippen MR) is 148 cm³/mol. The Kier molecular flexibility index (Phi) is 5.58. The van der Waals surface area contributed by atoms with Crippen LogP contribution < -0.4 is 5.32 Å². The van der Waals surface area contributed by atoms with Crippen LogP contribution in [0.5, 0.6) is 0 Å². The molecule has 5 aromatic rings. The lowest BCUT2D eigenvalue weighted by Gasteiger charge is -2.36. The van der Waals surface area contributed by atoms with Gasteiger partial charge in [0.15, 0.2) is 0 Å². The summed E-state index contributed by atoms with van der Waals surface area (Å²) in [7, 11) is 0. The Balaban J connectivity index is 1.40. The Morgan fingerprint density at radius 1 is 0.588 bits per heavy atom. The second-order valence-electron chi connectivity index (χ2n) is 9.00. The van der Waals surface area contributed by atoms with Crippen molar-refractivity contribution < 1.29 is 0 Å². The minimum atomic E-state index is 0.515. The molecule has 1 aliphatic rings. The van der Waals surface area contributed by atoms with Crippen LogP contribution in [-0.4, -0.2) is 17.4 Å². The monoisotopic (exact) mass is 458 g/mol. The molecule has 0 aliphatic carbocycles. The van der Waals surface area contributed by atoms with Crippen molar-refractivity contribution in [3.63, 3.8) is 0 Å². The number of para-hydroxylation sites is 1. The highest BCUT2D eigenvalue weighted by molar-refractivity contribution is 7.77. The summed E-state index contributed by atoms with van der Waals surface area (Å²) >= 11 is 4.53. The molecule has 5 aromatic carbocycles. The molecule has 0 unspecified atom stereocenters. The molecule has 0 atom stereocenters. The average molecular weight is 459 g/mol. The highest BCUT2D eigenvalue weighted by Gasteiger charge is 2.27. The second kappa shape index (κ2) is 9.02. The van der Waals surface area contributed by atoms with Crippen molar-refractivity contribution in [2.75, 3.05) is 18.4 Å². The molecule has 2 nitrogen and oxygen atoms in total. The third-order valence-electron chi connectivity index (χ3n) is 6.67. The van der Waals surface area contributed by atoms with Gasteiger partial charge >= 0.3 is 0 Å². The first-order valence-electron chi connectivity index (χ1n) is 11.7. The van der Waals surface area contributed by atoms with Gasteiger partial charge in [-0.05, 0) is 75.0 Å². The third-order valence-corrected chi connectivity index (χ3v) is 7.00. The Labute approximate surface area is 206 Å². The minimum Gasteiger partial charge on any atom is -0.356 e. The van der Waals surface area contributed by atoms with Gasteiger partial charge in [-0.25, -0.2) is 0 Å². The van der Waals surface area contributed by atoms with Gasteiger partial charge in [0.25, 0.3) is 0 Å². The molecule has 1 aliphatic heterocycles. The maximum Gasteiger partial charge on any atom is 0.0384 e. The lowest BCUT2D eigenvalue weighted by molar-refractivity contribution is 0.296. The Morgan fingerprint density at radius 2 is 1.18 bits per heavy atom. The largest absolute Gasteiger partial charge is 0.356 e. The van der Waals surface area contributed by atoms with Gasteiger partial charge in [0.1, 0.15) is 0 Å². The summed E-state index contributed by atoms with van der Waals surface area (Å²) in [5, 5.41) is 6.11. The van der Waals surface area contributed by atoms with Gasteiger partial charge in [-0.3, -0.25) is 4.31 Å². The summed E-state index contributed by atoms with van der Waals surface area (Å²) in [5.74, 6) is 0.515. The molecule has 1 heterocycles. The summed E-state index contributed by atoms with van der Waals surface area (Å²) in [6.45, 7) is 1.98. The van der Waals surface area contributed by atoms with E-state index in [2.05, 4.69) is 119 Å². The lowest BCUT2D eigenvalue weighted by atomic mass is 9.86. The van der Waals surface area contributed by atoms with Crippen LogP contribution in [0.2, 0.25) is 0 Å². The van der Waals surface area contributed by atoms with Gasteiger partial charge in [-0.15, -0.1) is 0 Å². The van der Waals surface area contributed by atoms with Crippen LogP contribution in [0.15, 0.2) is 115 Å². The van der Waals surface area contributed by atoms with E-state index in [0.717, 1.165) is 24.5 Å². The molecular weight excluding hydrogens is 432 g/mol. The second-order valence-corrected chi connectivity index (χ2v) is 9.57. The van der Waals surface area contributed by atoms with Gasteiger partial charge in [-0.1, -0.05) is 91.7 Å². The number of benzene rings is 5. The van der Waals surface area contributed by atoms with Crippen LogP contribution in [-0.2, 0) is 0 Å². The fraction of sp³-hybridized carbons (Fsp3) is 0.0968. The summed E-state index contributed by atoms with van der Waals surface area (Å²) in [6.07, 6.45) is 0. The maximum atomic E-state index is 4.53. The van der Waals surface area contributed by atoms with E-state index in [-0.39, 0.29) is 0 Å². The van der Waals surface area contributed by atoms with Gasteiger partial charge in [0.05, 0.1) is 0 Å². The van der Waals surface area contributed by atoms with E-state index < -0.39 is 0 Å². The number of nitrogens with zero attached hydrogens (tertiary/aromatic N) is 1. The standard InChI is InChI=1S/C31H26N2S/c34-33-20-27(21-33)31-19-25(23-11-14-29(15-12-23)32-28-9-5-2-6-10-28)18-26-17-24(13-16-30(26)31)22-7-3-1-4-8-22/h1-19,27,32,34H,20-21H2. The molecule has 0 bridgehead atoms. The first-order valence-corrected chi connectivity index (χ1v) is 12.1. The quantitative estimate of drug-likeness (QED) is 0.258. The molecule has 0 aromatic heterocycles. The normalized spacial score (nSPS) is 14.1. The van der Waals surface area contributed by atoms with E-state index in [1.165, 1.54) is 38.6 Å². The molecule has 0 radical (unpaired) electrons. The summed E-state index contributed by atoms with van der Waals surface area (Å²) in [6, 6.07) is 41.2. The lowest BCUT2D eigenvalue weighted by Crippen LogP contribution is -2.38. The number of thiol groups is 1. The fourth-order valence-corrected chi connectivity index (χ4v) is 5.19. The number of rotatable bonds is 5. The molecule has 1 saturated heterocycles. The van der Waals surface area contributed by atoms with Crippen molar-refractivity contribution in [3.8, 4) is 22.3 Å². The zero-order valence-corrected chi connectivity index (χ0v) is 19.8. The highest BCUT2D eigenvalue weighted by Crippen LogP contribution is 2.38. The smallest absolute Gasteiger partial charge is 0.0384 e. The third kappa shape index (κ3) is 4.21. The number of hydrogen-bond donors (Lipinski definition) is 2. The van der Waals surface area contributed by atoms with Crippen LogP contribution in [0.1, 0.15) is 11.5 Å². The molecule has 3 heteroatoms. The van der Waals surface area contributed by atoms with Gasteiger partial charge in [-0.2, -0.15) is 0 Å². The minimum absolute atomic E-state index is 0.515. The van der Waals surface area contributed by atoms with Crippen LogP contribution in [0.4, 0.5) is 11.4 Å². The highest BCUT2D eigenvalue weighted by atomic mass is 32.1. The molecule has 166 valence electrons. The van der Waals surface area contributed by atoms with E-state index in [9.17, 15) is 0 Å². The zero-order valence-electron chi connectivity index (χ0n) is 18.9. The van der Waals surface area contributed by atoms with Crippen molar-refractivity contribution >= 4 is 35.0 Å². The molecule has 0 amide bonds. The first kappa shape index (κ1) is 21.0. The topological polar surface area (TPSA) is 15.3 Å².